The third kappa shape index (κ3) is 3.12. The lowest BCUT2D eigenvalue weighted by Crippen LogP contribution is -2.32. The monoisotopic (exact) mass is 341 g/mol. The van der Waals surface area contributed by atoms with Crippen molar-refractivity contribution in [3.05, 3.63) is 47.1 Å². The average Bonchev–Trinajstić information content (AvgIpc) is 3.12. The first-order chi connectivity index (χ1) is 11.3. The predicted molar refractivity (Wildman–Crippen MR) is 74.9 cm³/mol. The minimum absolute atomic E-state index is 0.0537. The van der Waals surface area contributed by atoms with Crippen LogP contribution in [0.15, 0.2) is 28.8 Å². The molecule has 1 N–H and O–H groups in total. The van der Waals surface area contributed by atoms with Gasteiger partial charge in [0.15, 0.2) is 0 Å². The molecule has 1 aromatic heterocycles. The lowest BCUT2D eigenvalue weighted by molar-refractivity contribution is -0.137. The number of hydrogen-bond acceptors (Lipinski definition) is 5. The molecule has 1 saturated heterocycles. The maximum atomic E-state index is 12.7. The Labute approximate surface area is 134 Å². The molecule has 0 spiro atoms. The quantitative estimate of drug-likeness (QED) is 0.907. The van der Waals surface area contributed by atoms with Crippen LogP contribution < -0.4 is 0 Å². The SMILES string of the molecule is Cc1nc(C(=O)N2CC(O)CC2c2ccc(C(F)(F)F)cc2)no1. The molecule has 9 heteroatoms. The first kappa shape index (κ1) is 16.4. The molecule has 1 fully saturated rings. The first-order valence-corrected chi connectivity index (χ1v) is 7.22. The van der Waals surface area contributed by atoms with Crippen molar-refractivity contribution < 1.29 is 27.6 Å². The fraction of sp³-hybridized carbons (Fsp3) is 0.400. The summed E-state index contributed by atoms with van der Waals surface area (Å²) in [6, 6.07) is 4.00. The Kier molecular flexibility index (Phi) is 4.04. The molecule has 1 aromatic carbocycles. The molecule has 0 radical (unpaired) electrons. The number of rotatable bonds is 2. The lowest BCUT2D eigenvalue weighted by Gasteiger charge is -2.23. The van der Waals surface area contributed by atoms with Crippen LogP contribution in [0.4, 0.5) is 13.2 Å². The summed E-state index contributed by atoms with van der Waals surface area (Å²) >= 11 is 0. The number of likely N-dealkylation sites (tertiary alicyclic amines) is 1. The zero-order valence-electron chi connectivity index (χ0n) is 12.6. The van der Waals surface area contributed by atoms with Crippen molar-refractivity contribution in [1.29, 1.82) is 0 Å². The van der Waals surface area contributed by atoms with E-state index in [0.717, 1.165) is 12.1 Å². The van der Waals surface area contributed by atoms with Gasteiger partial charge >= 0.3 is 6.18 Å². The molecular formula is C15H14F3N3O3. The molecule has 128 valence electrons. The van der Waals surface area contributed by atoms with Crippen LogP contribution in [0, 0.1) is 6.92 Å². The number of alkyl halides is 3. The Morgan fingerprint density at radius 1 is 1.33 bits per heavy atom. The topological polar surface area (TPSA) is 79.5 Å². The molecular weight excluding hydrogens is 327 g/mol. The van der Waals surface area contributed by atoms with Crippen LogP contribution in [0.5, 0.6) is 0 Å². The maximum Gasteiger partial charge on any atom is 0.416 e. The van der Waals surface area contributed by atoms with E-state index >= 15 is 0 Å². The highest BCUT2D eigenvalue weighted by molar-refractivity contribution is 5.90. The van der Waals surface area contributed by atoms with Crippen molar-refractivity contribution in [3.63, 3.8) is 0 Å². The van der Waals surface area contributed by atoms with Crippen LogP contribution in [0.25, 0.3) is 0 Å². The van der Waals surface area contributed by atoms with Crippen LogP contribution in [-0.4, -0.2) is 38.7 Å². The number of nitrogens with zero attached hydrogens (tertiary/aromatic N) is 3. The minimum atomic E-state index is -4.43. The van der Waals surface area contributed by atoms with Crippen LogP contribution in [0.3, 0.4) is 0 Å². The van der Waals surface area contributed by atoms with Crippen LogP contribution >= 0.6 is 0 Å². The van der Waals surface area contributed by atoms with Gasteiger partial charge in [-0.1, -0.05) is 17.3 Å². The molecule has 1 aliphatic rings. The fourth-order valence-corrected chi connectivity index (χ4v) is 2.76. The van der Waals surface area contributed by atoms with Gasteiger partial charge in [0.25, 0.3) is 11.7 Å². The number of aryl methyl sites for hydroxylation is 1. The zero-order valence-corrected chi connectivity index (χ0v) is 12.6. The standard InChI is InChI=1S/C15H14F3N3O3/c1-8-19-13(20-24-8)14(23)21-7-11(22)6-12(21)9-2-4-10(5-3-9)15(16,17)18/h2-5,11-12,22H,6-7H2,1H3. The Morgan fingerprint density at radius 2 is 2.00 bits per heavy atom. The summed E-state index contributed by atoms with van der Waals surface area (Å²) in [6.45, 7) is 1.59. The van der Waals surface area contributed by atoms with E-state index in [2.05, 4.69) is 10.1 Å². The minimum Gasteiger partial charge on any atom is -0.391 e. The summed E-state index contributed by atoms with van der Waals surface area (Å²) in [5, 5.41) is 13.4. The fourth-order valence-electron chi connectivity index (χ4n) is 2.76. The van der Waals surface area contributed by atoms with Crippen molar-refractivity contribution in [2.24, 2.45) is 0 Å². The van der Waals surface area contributed by atoms with Gasteiger partial charge in [-0.3, -0.25) is 4.79 Å². The molecule has 1 aliphatic heterocycles. The van der Waals surface area contributed by atoms with Gasteiger partial charge in [0.2, 0.25) is 5.89 Å². The van der Waals surface area contributed by atoms with Crippen molar-refractivity contribution in [3.8, 4) is 0 Å². The van der Waals surface area contributed by atoms with E-state index in [1.807, 2.05) is 0 Å². The third-order valence-corrected chi connectivity index (χ3v) is 3.88. The maximum absolute atomic E-state index is 12.7. The van der Waals surface area contributed by atoms with Crippen LogP contribution in [-0.2, 0) is 6.18 Å². The molecule has 2 aromatic rings. The van der Waals surface area contributed by atoms with Crippen LogP contribution in [0.2, 0.25) is 0 Å². The highest BCUT2D eigenvalue weighted by Gasteiger charge is 2.38. The van der Waals surface area contributed by atoms with E-state index in [0.29, 0.717) is 5.56 Å². The van der Waals surface area contributed by atoms with E-state index in [9.17, 15) is 23.1 Å². The smallest absolute Gasteiger partial charge is 0.391 e. The second kappa shape index (κ2) is 5.90. The van der Waals surface area contributed by atoms with Gasteiger partial charge in [0.05, 0.1) is 17.7 Å². The molecule has 2 heterocycles. The Hall–Kier alpha value is -2.42. The lowest BCUT2D eigenvalue weighted by atomic mass is 10.0. The van der Waals surface area contributed by atoms with Gasteiger partial charge in [-0.25, -0.2) is 0 Å². The van der Waals surface area contributed by atoms with Gasteiger partial charge in [0.1, 0.15) is 0 Å². The third-order valence-electron chi connectivity index (χ3n) is 3.88. The van der Waals surface area contributed by atoms with Crippen molar-refractivity contribution in [2.45, 2.75) is 31.7 Å². The molecule has 3 rings (SSSR count). The van der Waals surface area contributed by atoms with Crippen molar-refractivity contribution in [1.82, 2.24) is 15.0 Å². The molecule has 2 atom stereocenters. The zero-order chi connectivity index (χ0) is 17.5. The number of aliphatic hydroxyl groups is 1. The average molecular weight is 341 g/mol. The van der Waals surface area contributed by atoms with Crippen molar-refractivity contribution >= 4 is 5.91 Å². The highest BCUT2D eigenvalue weighted by Crippen LogP contribution is 2.35. The van der Waals surface area contributed by atoms with E-state index in [4.69, 9.17) is 4.52 Å². The van der Waals surface area contributed by atoms with Gasteiger partial charge in [-0.05, 0) is 24.1 Å². The van der Waals surface area contributed by atoms with Gasteiger partial charge in [0, 0.05) is 13.5 Å². The number of β-amino-alcohol motifs (C(OH)–C–C–N with tert-alkyl or cyclic N) is 1. The molecule has 0 saturated carbocycles. The molecule has 0 bridgehead atoms. The number of carbonyl (C=O) groups excluding carboxylic acids is 1. The Balaban J connectivity index is 1.86. The molecule has 0 aliphatic carbocycles. The second-order valence-electron chi connectivity index (χ2n) is 5.62. The number of halogens is 3. The summed E-state index contributed by atoms with van der Waals surface area (Å²) in [7, 11) is 0. The van der Waals surface area contributed by atoms with Crippen LogP contribution in [0.1, 0.15) is 40.1 Å². The summed E-state index contributed by atoms with van der Waals surface area (Å²) < 4.78 is 42.7. The van der Waals surface area contributed by atoms with Crippen molar-refractivity contribution in [2.75, 3.05) is 6.54 Å². The molecule has 6 nitrogen and oxygen atoms in total. The number of hydrogen-bond donors (Lipinski definition) is 1. The van der Waals surface area contributed by atoms with E-state index in [1.165, 1.54) is 24.0 Å². The highest BCUT2D eigenvalue weighted by atomic mass is 19.4. The van der Waals surface area contributed by atoms with Gasteiger partial charge in [-0.15, -0.1) is 0 Å². The number of carbonyl (C=O) groups is 1. The largest absolute Gasteiger partial charge is 0.416 e. The summed E-state index contributed by atoms with van der Waals surface area (Å²) in [4.78, 5) is 17.7. The summed E-state index contributed by atoms with van der Waals surface area (Å²) in [5.74, 6) is -0.448. The number of amides is 1. The van der Waals surface area contributed by atoms with E-state index in [-0.39, 0.29) is 24.7 Å². The van der Waals surface area contributed by atoms with E-state index in [1.54, 1.807) is 0 Å². The Bertz CT molecular complexity index is 742. The summed E-state index contributed by atoms with van der Waals surface area (Å²) in [5.41, 5.74) is -0.260. The number of aliphatic hydroxyl groups excluding tert-OH is 1. The Morgan fingerprint density at radius 3 is 2.54 bits per heavy atom. The van der Waals surface area contributed by atoms with E-state index < -0.39 is 29.8 Å². The second-order valence-corrected chi connectivity index (χ2v) is 5.62. The first-order valence-electron chi connectivity index (χ1n) is 7.22. The normalized spacial score (nSPS) is 21.3. The molecule has 1 amide bonds. The molecule has 2 unspecified atom stereocenters. The molecule has 24 heavy (non-hydrogen) atoms. The van der Waals surface area contributed by atoms with Gasteiger partial charge < -0.3 is 14.5 Å². The number of benzene rings is 1. The summed E-state index contributed by atoms with van der Waals surface area (Å²) in [6.07, 6.45) is -4.96. The predicted octanol–water partition coefficient (Wildman–Crippen LogP) is 2.34. The number of aromatic nitrogens is 2. The van der Waals surface area contributed by atoms with Gasteiger partial charge in [-0.2, -0.15) is 18.2 Å².